The Bertz CT molecular complexity index is 451. The van der Waals surface area contributed by atoms with Gasteiger partial charge in [-0.2, -0.15) is 0 Å². The minimum atomic E-state index is -0.922. The smallest absolute Gasteiger partial charge is 0.335 e. The lowest BCUT2D eigenvalue weighted by Crippen LogP contribution is -2.45. The van der Waals surface area contributed by atoms with Gasteiger partial charge >= 0.3 is 5.97 Å². The summed E-state index contributed by atoms with van der Waals surface area (Å²) in [6, 6.07) is 7.87. The molecule has 4 heteroatoms. The summed E-state index contributed by atoms with van der Waals surface area (Å²) in [5, 5.41) is 8.94. The van der Waals surface area contributed by atoms with Crippen molar-refractivity contribution >= 4 is 5.97 Å². The molecule has 1 aromatic rings. The molecule has 1 aliphatic rings. The molecular formula is C16H23NO3. The van der Waals surface area contributed by atoms with E-state index in [0.717, 1.165) is 6.54 Å². The van der Waals surface area contributed by atoms with Crippen LogP contribution in [0.1, 0.15) is 43.5 Å². The van der Waals surface area contributed by atoms with Crippen LogP contribution in [0.2, 0.25) is 0 Å². The molecule has 4 nitrogen and oxygen atoms in total. The minimum absolute atomic E-state index is 0.266. The lowest BCUT2D eigenvalue weighted by Gasteiger charge is -2.38. The molecule has 2 atom stereocenters. The van der Waals surface area contributed by atoms with Crippen molar-refractivity contribution in [2.45, 2.75) is 45.2 Å². The van der Waals surface area contributed by atoms with Gasteiger partial charge in [0.05, 0.1) is 5.56 Å². The van der Waals surface area contributed by atoms with Gasteiger partial charge in [0.25, 0.3) is 0 Å². The zero-order chi connectivity index (χ0) is 14.5. The number of carboxylic acid groups (broad SMARTS) is 1. The molecule has 0 aliphatic carbocycles. The highest BCUT2D eigenvalue weighted by Crippen LogP contribution is 2.22. The number of rotatable bonds is 5. The van der Waals surface area contributed by atoms with Crippen molar-refractivity contribution in [3.63, 3.8) is 0 Å². The predicted molar refractivity (Wildman–Crippen MR) is 78.4 cm³/mol. The van der Waals surface area contributed by atoms with Crippen molar-refractivity contribution < 1.29 is 14.6 Å². The van der Waals surface area contributed by atoms with Crippen molar-refractivity contribution in [1.29, 1.82) is 0 Å². The minimum Gasteiger partial charge on any atom is -0.492 e. The van der Waals surface area contributed by atoms with E-state index in [2.05, 4.69) is 18.7 Å². The quantitative estimate of drug-likeness (QED) is 0.898. The molecule has 0 amide bonds. The summed E-state index contributed by atoms with van der Waals surface area (Å²) in [5.41, 5.74) is 0.266. The Kier molecular flexibility index (Phi) is 5.01. The zero-order valence-corrected chi connectivity index (χ0v) is 12.2. The van der Waals surface area contributed by atoms with Crippen LogP contribution in [0.3, 0.4) is 0 Å². The average Bonchev–Trinajstić information content (AvgIpc) is 2.42. The first-order valence-electron chi connectivity index (χ1n) is 7.30. The van der Waals surface area contributed by atoms with Crippen LogP contribution in [-0.2, 0) is 0 Å². The second-order valence-electron chi connectivity index (χ2n) is 5.55. The molecule has 0 spiro atoms. The Balaban J connectivity index is 1.86. The van der Waals surface area contributed by atoms with Gasteiger partial charge < -0.3 is 9.84 Å². The summed E-state index contributed by atoms with van der Waals surface area (Å²) >= 11 is 0. The topological polar surface area (TPSA) is 49.8 Å². The van der Waals surface area contributed by atoms with Crippen LogP contribution in [-0.4, -0.2) is 41.2 Å². The van der Waals surface area contributed by atoms with Crippen LogP contribution < -0.4 is 4.74 Å². The van der Waals surface area contributed by atoms with Crippen LogP contribution in [0.4, 0.5) is 0 Å². The SMILES string of the molecule is CC1CCCC(C)N1CCOc1cccc(C(=O)O)c1. The van der Waals surface area contributed by atoms with E-state index in [1.54, 1.807) is 24.3 Å². The maximum absolute atomic E-state index is 10.9. The molecule has 1 N–H and O–H groups in total. The van der Waals surface area contributed by atoms with Gasteiger partial charge in [0.1, 0.15) is 12.4 Å². The van der Waals surface area contributed by atoms with Gasteiger partial charge in [-0.25, -0.2) is 4.79 Å². The maximum Gasteiger partial charge on any atom is 0.335 e. The molecule has 1 aromatic carbocycles. The number of hydrogen-bond donors (Lipinski definition) is 1. The Hall–Kier alpha value is -1.55. The number of piperidine rings is 1. The van der Waals surface area contributed by atoms with E-state index in [4.69, 9.17) is 9.84 Å². The summed E-state index contributed by atoms with van der Waals surface area (Å²) in [5.74, 6) is -0.295. The lowest BCUT2D eigenvalue weighted by molar-refractivity contribution is 0.0696. The van der Waals surface area contributed by atoms with E-state index in [-0.39, 0.29) is 5.56 Å². The average molecular weight is 277 g/mol. The number of carbonyl (C=O) groups is 1. The fourth-order valence-corrected chi connectivity index (χ4v) is 2.90. The predicted octanol–water partition coefficient (Wildman–Crippen LogP) is 3.03. The molecule has 1 saturated heterocycles. The molecule has 0 bridgehead atoms. The second kappa shape index (κ2) is 6.75. The molecule has 1 heterocycles. The summed E-state index contributed by atoms with van der Waals surface area (Å²) in [4.78, 5) is 13.4. The second-order valence-corrected chi connectivity index (χ2v) is 5.55. The van der Waals surface area contributed by atoms with Crippen molar-refractivity contribution in [1.82, 2.24) is 4.90 Å². The molecule has 20 heavy (non-hydrogen) atoms. The van der Waals surface area contributed by atoms with Gasteiger partial charge in [0, 0.05) is 18.6 Å². The van der Waals surface area contributed by atoms with Crippen LogP contribution in [0.5, 0.6) is 5.75 Å². The molecule has 1 fully saturated rings. The van der Waals surface area contributed by atoms with Crippen LogP contribution in [0.15, 0.2) is 24.3 Å². The Labute approximate surface area is 120 Å². The highest BCUT2D eigenvalue weighted by molar-refractivity contribution is 5.87. The fraction of sp³-hybridized carbons (Fsp3) is 0.562. The van der Waals surface area contributed by atoms with Gasteiger partial charge in [0.15, 0.2) is 0 Å². The molecule has 0 radical (unpaired) electrons. The summed E-state index contributed by atoms with van der Waals surface area (Å²) in [7, 11) is 0. The van der Waals surface area contributed by atoms with E-state index in [1.807, 2.05) is 0 Å². The number of likely N-dealkylation sites (tertiary alicyclic amines) is 1. The van der Waals surface area contributed by atoms with Gasteiger partial charge in [0.2, 0.25) is 0 Å². The van der Waals surface area contributed by atoms with E-state index in [9.17, 15) is 4.79 Å². The first kappa shape index (κ1) is 14.9. The molecule has 0 saturated carbocycles. The molecule has 1 aliphatic heterocycles. The first-order chi connectivity index (χ1) is 9.58. The van der Waals surface area contributed by atoms with Crippen molar-refractivity contribution in [3.8, 4) is 5.75 Å². The largest absolute Gasteiger partial charge is 0.492 e. The standard InChI is InChI=1S/C16H23NO3/c1-12-5-3-6-13(2)17(12)9-10-20-15-8-4-7-14(11-15)16(18)19/h4,7-8,11-13H,3,5-6,9-10H2,1-2H3,(H,18,19). The Morgan fingerprint density at radius 2 is 2.05 bits per heavy atom. The number of aromatic carboxylic acids is 1. The molecular weight excluding hydrogens is 254 g/mol. The molecule has 2 unspecified atom stereocenters. The highest BCUT2D eigenvalue weighted by atomic mass is 16.5. The number of nitrogens with zero attached hydrogens (tertiary/aromatic N) is 1. The van der Waals surface area contributed by atoms with Gasteiger partial charge in [-0.15, -0.1) is 0 Å². The van der Waals surface area contributed by atoms with Crippen LogP contribution >= 0.6 is 0 Å². The fourth-order valence-electron chi connectivity index (χ4n) is 2.90. The number of benzene rings is 1. The van der Waals surface area contributed by atoms with Crippen LogP contribution in [0, 0.1) is 0 Å². The number of carboxylic acids is 1. The van der Waals surface area contributed by atoms with Gasteiger partial charge in [-0.3, -0.25) is 4.90 Å². The Morgan fingerprint density at radius 1 is 1.35 bits per heavy atom. The van der Waals surface area contributed by atoms with Gasteiger partial charge in [-0.1, -0.05) is 12.5 Å². The molecule has 2 rings (SSSR count). The van der Waals surface area contributed by atoms with Crippen molar-refractivity contribution in [2.24, 2.45) is 0 Å². The van der Waals surface area contributed by atoms with Gasteiger partial charge in [-0.05, 0) is 44.9 Å². The third-order valence-corrected chi connectivity index (χ3v) is 4.08. The Morgan fingerprint density at radius 3 is 2.70 bits per heavy atom. The molecule has 110 valence electrons. The number of ether oxygens (including phenoxy) is 1. The van der Waals surface area contributed by atoms with E-state index in [0.29, 0.717) is 24.4 Å². The first-order valence-corrected chi connectivity index (χ1v) is 7.30. The lowest BCUT2D eigenvalue weighted by atomic mass is 9.98. The number of hydrogen-bond acceptors (Lipinski definition) is 3. The highest BCUT2D eigenvalue weighted by Gasteiger charge is 2.24. The van der Waals surface area contributed by atoms with Crippen LogP contribution in [0.25, 0.3) is 0 Å². The van der Waals surface area contributed by atoms with E-state index < -0.39 is 5.97 Å². The maximum atomic E-state index is 10.9. The third kappa shape index (κ3) is 3.73. The summed E-state index contributed by atoms with van der Waals surface area (Å²) in [6.07, 6.45) is 3.80. The van der Waals surface area contributed by atoms with E-state index >= 15 is 0 Å². The van der Waals surface area contributed by atoms with Crippen molar-refractivity contribution in [2.75, 3.05) is 13.2 Å². The molecule has 0 aromatic heterocycles. The third-order valence-electron chi connectivity index (χ3n) is 4.08. The summed E-state index contributed by atoms with van der Waals surface area (Å²) < 4.78 is 5.69. The van der Waals surface area contributed by atoms with Crippen molar-refractivity contribution in [3.05, 3.63) is 29.8 Å². The monoisotopic (exact) mass is 277 g/mol. The summed E-state index contributed by atoms with van der Waals surface area (Å²) in [6.45, 7) is 6.01. The van der Waals surface area contributed by atoms with E-state index in [1.165, 1.54) is 19.3 Å². The zero-order valence-electron chi connectivity index (χ0n) is 12.2. The normalized spacial score (nSPS) is 23.5.